The number of ether oxygens (including phenoxy) is 4. The van der Waals surface area contributed by atoms with Crippen LogP contribution >= 0.6 is 0 Å². The Hall–Kier alpha value is -4.08. The van der Waals surface area contributed by atoms with E-state index in [0.29, 0.717) is 56.7 Å². The standard InChI is InChI=1S/C38H52N4O11S/c1-5-23-16-38(23,34(45)40-54(48,49)25-11-12-25)17-29(43)28-15-24-19-42(28)33(44)32(37(2,3)4)39-35(46)50-13-9-7-6-8-10-26-27-20-41(36(47)53-24)18-22(27)14-30-31(26)52-21-51-30/h14,23-25,28,32H,5-13,15-21H2,1-4H3,(H,39,46)(H,40,45)/t23-,24+,28?,32+,38-/m0/s1. The third-order valence-electron chi connectivity index (χ3n) is 11.9. The molecular formula is C38H52N4O11S. The summed E-state index contributed by atoms with van der Waals surface area (Å²) in [6, 6.07) is -0.274. The molecule has 5 atom stereocenters. The molecule has 0 radical (unpaired) electrons. The van der Waals surface area contributed by atoms with Crippen molar-refractivity contribution in [2.75, 3.05) is 19.9 Å². The minimum atomic E-state index is -3.85. The van der Waals surface area contributed by atoms with Crippen LogP contribution in [0.25, 0.3) is 0 Å². The predicted molar refractivity (Wildman–Crippen MR) is 193 cm³/mol. The van der Waals surface area contributed by atoms with Crippen molar-refractivity contribution in [2.24, 2.45) is 16.7 Å². The summed E-state index contributed by atoms with van der Waals surface area (Å²) in [5.74, 6) is -0.528. The van der Waals surface area contributed by atoms with Gasteiger partial charge in [-0.15, -0.1) is 0 Å². The Balaban J connectivity index is 1.15. The molecule has 2 saturated carbocycles. The third-order valence-corrected chi connectivity index (χ3v) is 13.7. The number of rotatable bonds is 7. The van der Waals surface area contributed by atoms with Gasteiger partial charge in [0.15, 0.2) is 17.3 Å². The van der Waals surface area contributed by atoms with Crippen LogP contribution in [0.1, 0.15) is 109 Å². The highest BCUT2D eigenvalue weighted by atomic mass is 32.2. The van der Waals surface area contributed by atoms with Gasteiger partial charge in [0.1, 0.15) is 12.1 Å². The molecule has 0 aromatic heterocycles. The molecule has 1 unspecified atom stereocenters. The summed E-state index contributed by atoms with van der Waals surface area (Å²) in [6.07, 6.45) is 3.26. The van der Waals surface area contributed by atoms with Gasteiger partial charge in [0.25, 0.3) is 0 Å². The molecule has 2 N–H and O–H groups in total. The van der Waals surface area contributed by atoms with Gasteiger partial charge in [-0.3, -0.25) is 24.0 Å². The van der Waals surface area contributed by atoms with E-state index in [9.17, 15) is 32.4 Å². The van der Waals surface area contributed by atoms with Crippen molar-refractivity contribution in [3.63, 3.8) is 0 Å². The maximum atomic E-state index is 14.5. The second-order valence-corrected chi connectivity index (χ2v) is 18.8. The number of amides is 4. The van der Waals surface area contributed by atoms with E-state index in [2.05, 4.69) is 10.0 Å². The van der Waals surface area contributed by atoms with Crippen LogP contribution in [-0.4, -0.2) is 91.4 Å². The van der Waals surface area contributed by atoms with Gasteiger partial charge >= 0.3 is 12.2 Å². The first-order valence-corrected chi connectivity index (χ1v) is 20.9. The fourth-order valence-corrected chi connectivity index (χ4v) is 9.93. The summed E-state index contributed by atoms with van der Waals surface area (Å²) in [6.45, 7) is 8.05. The maximum absolute atomic E-state index is 14.5. The number of carbonyl (C=O) groups is 5. The highest BCUT2D eigenvalue weighted by Gasteiger charge is 2.62. The van der Waals surface area contributed by atoms with E-state index in [0.717, 1.165) is 42.4 Å². The number of hydrogen-bond acceptors (Lipinski definition) is 11. The summed E-state index contributed by atoms with van der Waals surface area (Å²) in [5.41, 5.74) is 0.924. The predicted octanol–water partition coefficient (Wildman–Crippen LogP) is 4.08. The summed E-state index contributed by atoms with van der Waals surface area (Å²) < 4.78 is 50.8. The molecule has 7 rings (SSSR count). The minimum absolute atomic E-state index is 0.0193. The number of carbonyl (C=O) groups excluding carboxylic acids is 5. The van der Waals surface area contributed by atoms with Gasteiger partial charge in [-0.2, -0.15) is 0 Å². The highest BCUT2D eigenvalue weighted by molar-refractivity contribution is 7.90. The SMILES string of the molecule is CC[C@H]1C[C@@]1(CC(=O)C1C[C@@H]2CN1C(=O)[C@H](C(C)(C)C)NC(=O)OCCCCCCc1c3c(cc4c1OCO4)CN(C3)C(=O)O2)C(=O)NS(=O)(=O)C1CC1. The maximum Gasteiger partial charge on any atom is 0.410 e. The quantitative estimate of drug-likeness (QED) is 0.407. The summed E-state index contributed by atoms with van der Waals surface area (Å²) >= 11 is 0. The van der Waals surface area contributed by atoms with Crippen molar-refractivity contribution in [1.29, 1.82) is 0 Å². The number of ketones is 1. The van der Waals surface area contributed by atoms with Gasteiger partial charge in [0.05, 0.1) is 36.4 Å². The van der Waals surface area contributed by atoms with Crippen LogP contribution in [0.15, 0.2) is 6.07 Å². The zero-order valence-corrected chi connectivity index (χ0v) is 32.4. The van der Waals surface area contributed by atoms with E-state index < -0.39 is 74.1 Å². The number of fused-ring (bicyclic) bond motifs is 5. The fourth-order valence-electron chi connectivity index (χ4n) is 8.55. The lowest BCUT2D eigenvalue weighted by Gasteiger charge is -2.35. The zero-order chi connectivity index (χ0) is 38.6. The van der Waals surface area contributed by atoms with Crippen LogP contribution in [0.3, 0.4) is 0 Å². The number of nitrogens with zero attached hydrogens (tertiary/aromatic N) is 2. The highest BCUT2D eigenvalue weighted by Crippen LogP contribution is 2.58. The molecule has 6 aliphatic rings. The molecular weight excluding hydrogens is 721 g/mol. The van der Waals surface area contributed by atoms with Crippen LogP contribution in [0.5, 0.6) is 11.5 Å². The van der Waals surface area contributed by atoms with Crippen molar-refractivity contribution in [1.82, 2.24) is 19.8 Å². The lowest BCUT2D eigenvalue weighted by atomic mass is 9.85. The van der Waals surface area contributed by atoms with Crippen LogP contribution in [0.2, 0.25) is 0 Å². The number of alkyl carbamates (subject to hydrolysis) is 1. The van der Waals surface area contributed by atoms with Crippen molar-refractivity contribution >= 4 is 39.8 Å². The Labute approximate surface area is 316 Å². The molecule has 4 heterocycles. The van der Waals surface area contributed by atoms with E-state index >= 15 is 0 Å². The summed E-state index contributed by atoms with van der Waals surface area (Å²) in [4.78, 5) is 72.2. The van der Waals surface area contributed by atoms with E-state index in [4.69, 9.17) is 18.9 Å². The van der Waals surface area contributed by atoms with E-state index in [1.807, 2.05) is 13.0 Å². The molecule has 4 bridgehead atoms. The molecule has 0 spiro atoms. The second-order valence-electron chi connectivity index (χ2n) is 16.9. The number of cyclic esters (lactones) is 1. The third kappa shape index (κ3) is 7.59. The fraction of sp³-hybridized carbons (Fsp3) is 0.711. The Morgan fingerprint density at radius 1 is 1.02 bits per heavy atom. The Kier molecular flexibility index (Phi) is 10.3. The number of Topliss-reactive ketones (excluding diaryl/α,β-unsaturated/α-hetero) is 1. The van der Waals surface area contributed by atoms with E-state index in [1.165, 1.54) is 4.90 Å². The molecule has 2 aliphatic carbocycles. The lowest BCUT2D eigenvalue weighted by Crippen LogP contribution is -2.57. The smallest absolute Gasteiger partial charge is 0.410 e. The molecule has 4 aliphatic heterocycles. The van der Waals surface area contributed by atoms with Crippen molar-refractivity contribution < 1.29 is 51.3 Å². The molecule has 4 amide bonds. The van der Waals surface area contributed by atoms with E-state index in [-0.39, 0.29) is 38.7 Å². The first-order valence-electron chi connectivity index (χ1n) is 19.3. The van der Waals surface area contributed by atoms with Crippen LogP contribution in [0, 0.1) is 16.7 Å². The second kappa shape index (κ2) is 14.5. The Morgan fingerprint density at radius 2 is 1.78 bits per heavy atom. The summed E-state index contributed by atoms with van der Waals surface area (Å²) in [5, 5.41) is 2.13. The largest absolute Gasteiger partial charge is 0.454 e. The molecule has 1 aromatic carbocycles. The van der Waals surface area contributed by atoms with Crippen molar-refractivity contribution in [3.8, 4) is 11.5 Å². The normalized spacial score (nSPS) is 28.9. The lowest BCUT2D eigenvalue weighted by molar-refractivity contribution is -0.142. The van der Waals surface area contributed by atoms with Crippen LogP contribution in [0.4, 0.5) is 9.59 Å². The summed E-state index contributed by atoms with van der Waals surface area (Å²) in [7, 11) is -3.85. The van der Waals surface area contributed by atoms with Gasteiger partial charge in [-0.05, 0) is 67.1 Å². The Morgan fingerprint density at radius 3 is 2.48 bits per heavy atom. The zero-order valence-electron chi connectivity index (χ0n) is 31.6. The first kappa shape index (κ1) is 38.2. The molecule has 296 valence electrons. The molecule has 3 fully saturated rings. The number of hydrogen-bond donors (Lipinski definition) is 2. The topological polar surface area (TPSA) is 187 Å². The number of sulfonamides is 1. The van der Waals surface area contributed by atoms with Crippen molar-refractivity contribution in [3.05, 3.63) is 22.8 Å². The molecule has 16 heteroatoms. The molecule has 1 saturated heterocycles. The van der Waals surface area contributed by atoms with Gasteiger partial charge in [0, 0.05) is 24.9 Å². The number of nitrogens with one attached hydrogen (secondary N) is 2. The van der Waals surface area contributed by atoms with Crippen molar-refractivity contribution in [2.45, 2.75) is 135 Å². The molecule has 15 nitrogen and oxygen atoms in total. The average molecular weight is 773 g/mol. The molecule has 54 heavy (non-hydrogen) atoms. The molecule has 1 aromatic rings. The Bertz CT molecular complexity index is 1820. The van der Waals surface area contributed by atoms with E-state index in [1.54, 1.807) is 25.7 Å². The van der Waals surface area contributed by atoms with Gasteiger partial charge < -0.3 is 29.2 Å². The van der Waals surface area contributed by atoms with Crippen LogP contribution < -0.4 is 19.5 Å². The van der Waals surface area contributed by atoms with Gasteiger partial charge in [0.2, 0.25) is 28.6 Å². The van der Waals surface area contributed by atoms with Gasteiger partial charge in [-0.25, -0.2) is 18.0 Å². The minimum Gasteiger partial charge on any atom is -0.454 e. The first-order chi connectivity index (χ1) is 25.6. The van der Waals surface area contributed by atoms with Gasteiger partial charge in [-0.1, -0.05) is 47.0 Å². The monoisotopic (exact) mass is 772 g/mol. The average Bonchev–Trinajstić information content (AvgIpc) is 3.93. The van der Waals surface area contributed by atoms with Crippen LogP contribution in [-0.2, 0) is 53.4 Å². The number of benzene rings is 1.